The smallest absolute Gasteiger partial charge is 0.0592 e. The third-order valence-corrected chi connectivity index (χ3v) is 11.2. The second kappa shape index (κ2) is 6.40. The molecule has 0 aromatic heterocycles. The van der Waals surface area contributed by atoms with E-state index in [2.05, 4.69) is 33.9 Å². The van der Waals surface area contributed by atoms with Crippen molar-refractivity contribution in [3.05, 3.63) is 5.54 Å². The van der Waals surface area contributed by atoms with Crippen LogP contribution in [0.25, 0.3) is 0 Å². The first kappa shape index (κ1) is 15.3. The molecule has 1 aliphatic carbocycles. The molecule has 0 nitrogen and oxygen atoms in total. The zero-order chi connectivity index (χ0) is 12.9. The molecule has 17 heavy (non-hydrogen) atoms. The molecular formula is C16H33Si. The van der Waals surface area contributed by atoms with Gasteiger partial charge in [-0.1, -0.05) is 78.8 Å². The van der Waals surface area contributed by atoms with Crippen LogP contribution in [0.5, 0.6) is 0 Å². The largest absolute Gasteiger partial charge is 0.0686 e. The first-order chi connectivity index (χ1) is 7.86. The molecule has 0 saturated heterocycles. The fraction of sp³-hybridized carbons (Fsp3) is 0.938. The quantitative estimate of drug-likeness (QED) is 0.493. The molecule has 0 N–H and O–H groups in total. The van der Waals surface area contributed by atoms with Crippen molar-refractivity contribution in [1.82, 2.24) is 0 Å². The number of hydrogen-bond donors (Lipinski definition) is 0. The van der Waals surface area contributed by atoms with E-state index in [0.29, 0.717) is 5.04 Å². The first-order valence-electron chi connectivity index (χ1n) is 7.71. The second-order valence-electron chi connectivity index (χ2n) is 7.45. The van der Waals surface area contributed by atoms with Crippen LogP contribution in [-0.2, 0) is 0 Å². The average Bonchev–Trinajstić information content (AvgIpc) is 2.24. The lowest BCUT2D eigenvalue weighted by Crippen LogP contribution is -2.44. The maximum Gasteiger partial charge on any atom is 0.0592 e. The van der Waals surface area contributed by atoms with Gasteiger partial charge in [-0.2, -0.15) is 0 Å². The van der Waals surface area contributed by atoms with Crippen molar-refractivity contribution < 1.29 is 0 Å². The number of hydrogen-bond acceptors (Lipinski definition) is 0. The van der Waals surface area contributed by atoms with Gasteiger partial charge in [-0.05, 0) is 23.4 Å². The number of rotatable bonds is 1. The molecular weight excluding hydrogens is 220 g/mol. The van der Waals surface area contributed by atoms with Gasteiger partial charge in [0.25, 0.3) is 0 Å². The van der Waals surface area contributed by atoms with E-state index in [0.717, 1.165) is 0 Å². The Balaban J connectivity index is 2.63. The van der Waals surface area contributed by atoms with Gasteiger partial charge in [0.15, 0.2) is 0 Å². The van der Waals surface area contributed by atoms with Gasteiger partial charge < -0.3 is 0 Å². The van der Waals surface area contributed by atoms with E-state index in [1.807, 2.05) is 5.54 Å². The van der Waals surface area contributed by atoms with Crippen LogP contribution in [0.15, 0.2) is 0 Å². The van der Waals surface area contributed by atoms with Crippen molar-refractivity contribution in [3.63, 3.8) is 0 Å². The third kappa shape index (κ3) is 4.42. The van der Waals surface area contributed by atoms with E-state index in [1.54, 1.807) is 0 Å². The maximum absolute atomic E-state index is 2.61. The molecule has 0 aromatic rings. The maximum atomic E-state index is 2.61. The summed E-state index contributed by atoms with van der Waals surface area (Å²) in [5, 5.41) is 0.534. The van der Waals surface area contributed by atoms with Gasteiger partial charge in [0.2, 0.25) is 0 Å². The Morgan fingerprint density at radius 2 is 1.06 bits per heavy atom. The predicted octanol–water partition coefficient (Wildman–Crippen LogP) is 6.13. The van der Waals surface area contributed by atoms with Gasteiger partial charge in [-0.15, -0.1) is 0 Å². The van der Waals surface area contributed by atoms with Crippen molar-refractivity contribution in [2.24, 2.45) is 0 Å². The molecule has 101 valence electrons. The van der Waals surface area contributed by atoms with Crippen LogP contribution in [-0.4, -0.2) is 8.07 Å². The highest BCUT2D eigenvalue weighted by molar-refractivity contribution is 6.85. The van der Waals surface area contributed by atoms with Crippen LogP contribution in [0.4, 0.5) is 0 Å². The summed E-state index contributed by atoms with van der Waals surface area (Å²) in [6, 6.07) is 0. The van der Waals surface area contributed by atoms with Crippen LogP contribution >= 0.6 is 0 Å². The Morgan fingerprint density at radius 1 is 0.706 bits per heavy atom. The van der Waals surface area contributed by atoms with Crippen LogP contribution in [0.2, 0.25) is 18.1 Å². The lowest BCUT2D eigenvalue weighted by molar-refractivity contribution is 0.532. The van der Waals surface area contributed by atoms with Crippen molar-refractivity contribution >= 4 is 8.07 Å². The monoisotopic (exact) mass is 253 g/mol. The van der Waals surface area contributed by atoms with Gasteiger partial charge in [0.05, 0.1) is 8.07 Å². The molecule has 1 rings (SSSR count). The summed E-state index contributed by atoms with van der Waals surface area (Å²) in [4.78, 5) is 0. The van der Waals surface area contributed by atoms with Gasteiger partial charge in [-0.25, -0.2) is 0 Å². The van der Waals surface area contributed by atoms with E-state index in [9.17, 15) is 0 Å². The van der Waals surface area contributed by atoms with E-state index < -0.39 is 8.07 Å². The van der Waals surface area contributed by atoms with Crippen molar-refractivity contribution in [3.8, 4) is 0 Å². The summed E-state index contributed by atoms with van der Waals surface area (Å²) < 4.78 is 0. The van der Waals surface area contributed by atoms with Gasteiger partial charge in [-0.3, -0.25) is 0 Å². The molecule has 0 aliphatic heterocycles. The summed E-state index contributed by atoms with van der Waals surface area (Å²) in [6.07, 6.45) is 13.2. The molecule has 0 unspecified atom stereocenters. The minimum Gasteiger partial charge on any atom is -0.0686 e. The Bertz CT molecular complexity index is 202. The highest BCUT2D eigenvalue weighted by atomic mass is 28.3. The van der Waals surface area contributed by atoms with Crippen molar-refractivity contribution in [2.75, 3.05) is 0 Å². The summed E-state index contributed by atoms with van der Waals surface area (Å²) in [5.41, 5.74) is 1.98. The minimum absolute atomic E-state index is 0.534. The normalized spacial score (nSPS) is 22.4. The summed E-state index contributed by atoms with van der Waals surface area (Å²) in [7, 11) is -1.18. The van der Waals surface area contributed by atoms with Gasteiger partial charge >= 0.3 is 0 Å². The average molecular weight is 254 g/mol. The third-order valence-electron chi connectivity index (χ3n) is 5.22. The van der Waals surface area contributed by atoms with Crippen LogP contribution in [0.3, 0.4) is 0 Å². The van der Waals surface area contributed by atoms with Gasteiger partial charge in [0.1, 0.15) is 0 Å². The second-order valence-corrected chi connectivity index (χ2v) is 12.9. The zero-order valence-corrected chi connectivity index (χ0v) is 13.9. The molecule has 1 heteroatoms. The highest BCUT2D eigenvalue weighted by Gasteiger charge is 2.41. The Morgan fingerprint density at radius 3 is 1.41 bits per heavy atom. The molecule has 0 bridgehead atoms. The highest BCUT2D eigenvalue weighted by Crippen LogP contribution is 2.45. The molecule has 0 amide bonds. The topological polar surface area (TPSA) is 0 Å². The fourth-order valence-electron chi connectivity index (χ4n) is 2.84. The molecule has 1 radical (unpaired) electrons. The molecule has 0 spiro atoms. The molecule has 1 aliphatic rings. The van der Waals surface area contributed by atoms with Gasteiger partial charge in [0, 0.05) is 0 Å². The van der Waals surface area contributed by atoms with Crippen LogP contribution < -0.4 is 0 Å². The predicted molar refractivity (Wildman–Crippen MR) is 82.0 cm³/mol. The Kier molecular flexibility index (Phi) is 5.75. The molecule has 0 heterocycles. The standard InChI is InChI=1S/C16H33Si/c1-16(2,3)17(4,5)15-13-11-9-7-6-8-10-12-14-15/h6-14H2,1-5H3. The summed E-state index contributed by atoms with van der Waals surface area (Å²) >= 11 is 0. The molecule has 1 fully saturated rings. The Hall–Kier alpha value is 0.217. The minimum atomic E-state index is -1.18. The zero-order valence-electron chi connectivity index (χ0n) is 12.9. The van der Waals surface area contributed by atoms with E-state index in [-0.39, 0.29) is 0 Å². The molecule has 0 aromatic carbocycles. The van der Waals surface area contributed by atoms with Crippen LogP contribution in [0.1, 0.15) is 78.6 Å². The lowest BCUT2D eigenvalue weighted by atomic mass is 10.0. The van der Waals surface area contributed by atoms with Crippen molar-refractivity contribution in [2.45, 2.75) is 96.7 Å². The first-order valence-corrected chi connectivity index (χ1v) is 10.7. The van der Waals surface area contributed by atoms with Crippen molar-refractivity contribution in [1.29, 1.82) is 0 Å². The SMILES string of the molecule is CC(C)(C)[Si](C)(C)[C]1CCCCCCCCC1. The summed E-state index contributed by atoms with van der Waals surface area (Å²) in [5.74, 6) is 0. The van der Waals surface area contributed by atoms with E-state index >= 15 is 0 Å². The summed E-state index contributed by atoms with van der Waals surface area (Å²) in [6.45, 7) is 12.6. The Labute approximate surface area is 111 Å². The molecule has 1 saturated carbocycles. The van der Waals surface area contributed by atoms with E-state index in [1.165, 1.54) is 57.8 Å². The van der Waals surface area contributed by atoms with E-state index in [4.69, 9.17) is 0 Å². The lowest BCUT2D eigenvalue weighted by Gasteiger charge is -2.43. The molecule has 0 atom stereocenters. The fourth-order valence-corrected chi connectivity index (χ4v) is 5.51. The van der Waals surface area contributed by atoms with Crippen LogP contribution in [0, 0.1) is 5.54 Å².